The van der Waals surface area contributed by atoms with E-state index in [-0.39, 0.29) is 6.10 Å². The molecule has 108 valence electrons. The Morgan fingerprint density at radius 2 is 1.70 bits per heavy atom. The lowest BCUT2D eigenvalue weighted by Gasteiger charge is -2.52. The molecule has 4 aliphatic carbocycles. The SMILES string of the molecule is N#CC1=CC2CC[C@H]3C4CC[C@H](O)CC4CCC3[C@H]2C1. The predicted octanol–water partition coefficient (Wildman–Crippen LogP) is 3.67. The first-order valence-corrected chi connectivity index (χ1v) is 8.55. The number of aliphatic hydroxyl groups excluding tert-OH is 1. The third-order valence-electron chi connectivity index (χ3n) is 6.93. The van der Waals surface area contributed by atoms with Gasteiger partial charge in [0.15, 0.2) is 0 Å². The van der Waals surface area contributed by atoms with Gasteiger partial charge in [-0.05, 0) is 86.9 Å². The number of allylic oxidation sites excluding steroid dienone is 2. The lowest BCUT2D eigenvalue weighted by atomic mass is 9.53. The van der Waals surface area contributed by atoms with Gasteiger partial charge in [0.2, 0.25) is 0 Å². The number of hydrogen-bond acceptors (Lipinski definition) is 2. The van der Waals surface area contributed by atoms with Gasteiger partial charge < -0.3 is 5.11 Å². The van der Waals surface area contributed by atoms with Crippen molar-refractivity contribution in [1.29, 1.82) is 5.26 Å². The zero-order chi connectivity index (χ0) is 13.7. The van der Waals surface area contributed by atoms with Gasteiger partial charge in [-0.3, -0.25) is 0 Å². The minimum atomic E-state index is -0.0255. The summed E-state index contributed by atoms with van der Waals surface area (Å²) in [6.45, 7) is 0. The zero-order valence-corrected chi connectivity index (χ0v) is 12.2. The molecule has 1 N–H and O–H groups in total. The van der Waals surface area contributed by atoms with Gasteiger partial charge in [0.05, 0.1) is 12.2 Å². The predicted molar refractivity (Wildman–Crippen MR) is 77.6 cm³/mol. The van der Waals surface area contributed by atoms with Gasteiger partial charge in [-0.1, -0.05) is 6.08 Å². The van der Waals surface area contributed by atoms with Crippen LogP contribution in [0.3, 0.4) is 0 Å². The Hall–Kier alpha value is -0.810. The van der Waals surface area contributed by atoms with Crippen LogP contribution in [0.5, 0.6) is 0 Å². The molecule has 3 saturated carbocycles. The average Bonchev–Trinajstić information content (AvgIpc) is 2.89. The van der Waals surface area contributed by atoms with Crippen LogP contribution in [0.1, 0.15) is 51.4 Å². The normalized spacial score (nSPS) is 50.4. The summed E-state index contributed by atoms with van der Waals surface area (Å²) in [5.74, 6) is 4.92. The molecule has 4 unspecified atom stereocenters. The molecule has 7 atom stereocenters. The largest absolute Gasteiger partial charge is 0.393 e. The fraction of sp³-hybridized carbons (Fsp3) is 0.833. The molecule has 2 heteroatoms. The second kappa shape index (κ2) is 4.88. The van der Waals surface area contributed by atoms with E-state index in [1.165, 1.54) is 32.1 Å². The van der Waals surface area contributed by atoms with Crippen LogP contribution < -0.4 is 0 Å². The van der Waals surface area contributed by atoms with Crippen LogP contribution in [0.15, 0.2) is 11.6 Å². The minimum absolute atomic E-state index is 0.0255. The highest BCUT2D eigenvalue weighted by Gasteiger charge is 2.49. The van der Waals surface area contributed by atoms with Gasteiger partial charge in [-0.15, -0.1) is 0 Å². The minimum Gasteiger partial charge on any atom is -0.393 e. The maximum atomic E-state index is 9.92. The second-order valence-corrected chi connectivity index (χ2v) is 7.71. The van der Waals surface area contributed by atoms with Gasteiger partial charge in [0.25, 0.3) is 0 Å². The first-order chi connectivity index (χ1) is 9.76. The van der Waals surface area contributed by atoms with Crippen molar-refractivity contribution in [3.8, 4) is 6.07 Å². The maximum Gasteiger partial charge on any atom is 0.0943 e. The molecule has 0 aliphatic heterocycles. The Morgan fingerprint density at radius 3 is 2.55 bits per heavy atom. The number of nitrogens with zero attached hydrogens (tertiary/aromatic N) is 1. The Kier molecular flexibility index (Phi) is 3.15. The van der Waals surface area contributed by atoms with E-state index >= 15 is 0 Å². The van der Waals surface area contributed by atoms with Crippen molar-refractivity contribution in [3.05, 3.63) is 11.6 Å². The number of nitriles is 1. The molecule has 0 heterocycles. The van der Waals surface area contributed by atoms with Crippen LogP contribution in [-0.2, 0) is 0 Å². The fourth-order valence-corrected chi connectivity index (χ4v) is 6.15. The van der Waals surface area contributed by atoms with Crippen LogP contribution >= 0.6 is 0 Å². The van der Waals surface area contributed by atoms with E-state index in [1.807, 2.05) is 0 Å². The summed E-state index contributed by atoms with van der Waals surface area (Å²) < 4.78 is 0. The molecular weight excluding hydrogens is 246 g/mol. The summed E-state index contributed by atoms with van der Waals surface area (Å²) in [5, 5.41) is 19.1. The van der Waals surface area contributed by atoms with Crippen LogP contribution in [0.25, 0.3) is 0 Å². The van der Waals surface area contributed by atoms with E-state index in [4.69, 9.17) is 0 Å². The van der Waals surface area contributed by atoms with Crippen LogP contribution in [0.4, 0.5) is 0 Å². The molecule has 0 aromatic heterocycles. The summed E-state index contributed by atoms with van der Waals surface area (Å²) in [6.07, 6.45) is 12.0. The summed E-state index contributed by atoms with van der Waals surface area (Å²) in [6, 6.07) is 2.41. The number of hydrogen-bond donors (Lipinski definition) is 1. The van der Waals surface area contributed by atoms with Gasteiger partial charge >= 0.3 is 0 Å². The van der Waals surface area contributed by atoms with Crippen molar-refractivity contribution in [1.82, 2.24) is 0 Å². The lowest BCUT2D eigenvalue weighted by Crippen LogP contribution is -2.45. The Bertz CT molecular complexity index is 463. The Balaban J connectivity index is 1.53. The molecule has 0 radical (unpaired) electrons. The van der Waals surface area contributed by atoms with E-state index in [0.29, 0.717) is 5.92 Å². The van der Waals surface area contributed by atoms with Gasteiger partial charge in [-0.2, -0.15) is 5.26 Å². The number of aliphatic hydroxyl groups is 1. The first-order valence-electron chi connectivity index (χ1n) is 8.55. The summed E-state index contributed by atoms with van der Waals surface area (Å²) >= 11 is 0. The van der Waals surface area contributed by atoms with E-state index in [0.717, 1.165) is 54.4 Å². The number of fused-ring (bicyclic) bond motifs is 5. The molecule has 0 bridgehead atoms. The highest BCUT2D eigenvalue weighted by molar-refractivity contribution is 5.28. The van der Waals surface area contributed by atoms with Crippen LogP contribution in [0, 0.1) is 46.8 Å². The first kappa shape index (κ1) is 12.9. The van der Waals surface area contributed by atoms with E-state index in [1.54, 1.807) is 0 Å². The third kappa shape index (κ3) is 1.94. The molecular formula is C18H25NO. The Morgan fingerprint density at radius 1 is 0.950 bits per heavy atom. The molecule has 2 nitrogen and oxygen atoms in total. The fourth-order valence-electron chi connectivity index (χ4n) is 6.15. The average molecular weight is 271 g/mol. The molecule has 0 saturated heterocycles. The molecule has 4 rings (SSSR count). The van der Waals surface area contributed by atoms with Crippen molar-refractivity contribution < 1.29 is 5.11 Å². The van der Waals surface area contributed by atoms with Crippen molar-refractivity contribution in [3.63, 3.8) is 0 Å². The summed E-state index contributed by atoms with van der Waals surface area (Å²) in [5.41, 5.74) is 1.06. The van der Waals surface area contributed by atoms with Gasteiger partial charge in [-0.25, -0.2) is 0 Å². The van der Waals surface area contributed by atoms with Crippen molar-refractivity contribution in [2.75, 3.05) is 0 Å². The van der Waals surface area contributed by atoms with E-state index < -0.39 is 0 Å². The van der Waals surface area contributed by atoms with Crippen LogP contribution in [-0.4, -0.2) is 11.2 Å². The maximum absolute atomic E-state index is 9.92. The standard InChI is InChI=1S/C18H25NO/c19-10-11-7-12-1-4-16-15-6-3-14(20)9-13(15)2-5-17(16)18(12)8-11/h7,12-18,20H,1-6,8-9H2/t12?,13?,14-,15?,16-,17?,18-/m0/s1. The van der Waals surface area contributed by atoms with Crippen molar-refractivity contribution in [2.45, 2.75) is 57.5 Å². The molecule has 0 spiro atoms. The monoisotopic (exact) mass is 271 g/mol. The number of rotatable bonds is 0. The van der Waals surface area contributed by atoms with Crippen molar-refractivity contribution >= 4 is 0 Å². The topological polar surface area (TPSA) is 44.0 Å². The van der Waals surface area contributed by atoms with E-state index in [2.05, 4.69) is 12.1 Å². The van der Waals surface area contributed by atoms with Crippen LogP contribution in [0.2, 0.25) is 0 Å². The molecule has 4 aliphatic rings. The highest BCUT2D eigenvalue weighted by Crippen LogP contribution is 2.57. The Labute approximate surface area is 121 Å². The molecule has 0 aromatic carbocycles. The molecule has 3 fully saturated rings. The summed E-state index contributed by atoms with van der Waals surface area (Å²) in [7, 11) is 0. The third-order valence-corrected chi connectivity index (χ3v) is 6.93. The molecule has 0 aromatic rings. The van der Waals surface area contributed by atoms with E-state index in [9.17, 15) is 10.4 Å². The molecule has 0 amide bonds. The highest BCUT2D eigenvalue weighted by atomic mass is 16.3. The molecule has 20 heavy (non-hydrogen) atoms. The summed E-state index contributed by atoms with van der Waals surface area (Å²) in [4.78, 5) is 0. The second-order valence-electron chi connectivity index (χ2n) is 7.71. The zero-order valence-electron chi connectivity index (χ0n) is 12.2. The smallest absolute Gasteiger partial charge is 0.0943 e. The van der Waals surface area contributed by atoms with Crippen molar-refractivity contribution in [2.24, 2.45) is 35.5 Å². The van der Waals surface area contributed by atoms with Gasteiger partial charge in [0, 0.05) is 5.57 Å². The quantitative estimate of drug-likeness (QED) is 0.730. The van der Waals surface area contributed by atoms with Gasteiger partial charge in [0.1, 0.15) is 0 Å². The lowest BCUT2D eigenvalue weighted by molar-refractivity contribution is -0.0428.